The zero-order chi connectivity index (χ0) is 15.3. The van der Waals surface area contributed by atoms with Gasteiger partial charge in [-0.1, -0.05) is 0 Å². The molecule has 0 saturated heterocycles. The minimum atomic E-state index is -3.69. The smallest absolute Gasteiger partial charge is 0.240 e. The molecular formula is C12H19N3O4S. The summed E-state index contributed by atoms with van der Waals surface area (Å²) in [4.78, 5) is 12.8. The summed E-state index contributed by atoms with van der Waals surface area (Å²) in [6, 6.07) is 4.19. The number of nitrogens with zero attached hydrogens (tertiary/aromatic N) is 1. The maximum atomic E-state index is 12.0. The Bertz CT molecular complexity index is 584. The van der Waals surface area contributed by atoms with Crippen molar-refractivity contribution in [2.45, 2.75) is 11.3 Å². The molecule has 1 aromatic rings. The molecule has 0 radical (unpaired) electrons. The fraction of sp³-hybridized carbons (Fsp3) is 0.417. The van der Waals surface area contributed by atoms with Crippen molar-refractivity contribution in [1.82, 2.24) is 9.62 Å². The van der Waals surface area contributed by atoms with Gasteiger partial charge in [-0.2, -0.15) is 0 Å². The van der Waals surface area contributed by atoms with E-state index >= 15 is 0 Å². The number of carbonyl (C=O) groups excluding carboxylic acids is 1. The summed E-state index contributed by atoms with van der Waals surface area (Å²) in [7, 11) is 0.988. The Kier molecular flexibility index (Phi) is 5.34. The lowest BCUT2D eigenvalue weighted by molar-refractivity contribution is -0.128. The molecule has 7 nitrogen and oxygen atoms in total. The zero-order valence-corrected chi connectivity index (χ0v) is 12.5. The Hall–Kier alpha value is -1.80. The van der Waals surface area contributed by atoms with E-state index in [0.717, 1.165) is 0 Å². The minimum Gasteiger partial charge on any atom is -0.495 e. The van der Waals surface area contributed by atoms with Gasteiger partial charge in [-0.05, 0) is 18.2 Å². The lowest BCUT2D eigenvalue weighted by Gasteiger charge is -2.11. The van der Waals surface area contributed by atoms with E-state index in [9.17, 15) is 13.2 Å². The first-order valence-electron chi connectivity index (χ1n) is 5.91. The third kappa shape index (κ3) is 4.10. The fourth-order valence-electron chi connectivity index (χ4n) is 1.48. The maximum absolute atomic E-state index is 12.0. The topological polar surface area (TPSA) is 102 Å². The monoisotopic (exact) mass is 301 g/mol. The van der Waals surface area contributed by atoms with Crippen molar-refractivity contribution in [1.29, 1.82) is 0 Å². The summed E-state index contributed by atoms with van der Waals surface area (Å²) in [6.45, 7) is 0.0330. The first-order valence-corrected chi connectivity index (χ1v) is 7.39. The quantitative estimate of drug-likeness (QED) is 0.722. The molecular weight excluding hydrogens is 282 g/mol. The van der Waals surface area contributed by atoms with Gasteiger partial charge in [0.1, 0.15) is 5.75 Å². The van der Waals surface area contributed by atoms with Gasteiger partial charge in [0, 0.05) is 27.1 Å². The first-order chi connectivity index (χ1) is 9.27. The van der Waals surface area contributed by atoms with Crippen LogP contribution in [0.1, 0.15) is 6.42 Å². The van der Waals surface area contributed by atoms with Crippen molar-refractivity contribution >= 4 is 21.6 Å². The average molecular weight is 301 g/mol. The number of methoxy groups -OCH3 is 1. The van der Waals surface area contributed by atoms with Crippen LogP contribution in [-0.2, 0) is 14.8 Å². The van der Waals surface area contributed by atoms with E-state index in [2.05, 4.69) is 4.72 Å². The summed E-state index contributed by atoms with van der Waals surface area (Å²) in [5.74, 6) is 0.258. The number of ether oxygens (including phenoxy) is 1. The standard InChI is InChI=1S/C12H19N3O4S/c1-15(2)12(16)6-7-14-20(17,18)9-4-5-11(19-3)10(13)8-9/h4-5,8,14H,6-7,13H2,1-3H3. The van der Waals surface area contributed by atoms with Crippen LogP contribution in [0.3, 0.4) is 0 Å². The molecule has 0 unspecified atom stereocenters. The van der Waals surface area contributed by atoms with Crippen molar-refractivity contribution in [2.24, 2.45) is 0 Å². The van der Waals surface area contributed by atoms with Gasteiger partial charge in [0.05, 0.1) is 17.7 Å². The van der Waals surface area contributed by atoms with E-state index in [1.54, 1.807) is 14.1 Å². The van der Waals surface area contributed by atoms with E-state index in [-0.39, 0.29) is 29.5 Å². The molecule has 20 heavy (non-hydrogen) atoms. The molecule has 0 fully saturated rings. The van der Waals surface area contributed by atoms with Crippen molar-refractivity contribution in [3.63, 3.8) is 0 Å². The summed E-state index contributed by atoms with van der Waals surface area (Å²) < 4.78 is 31.3. The molecule has 8 heteroatoms. The highest BCUT2D eigenvalue weighted by Gasteiger charge is 2.16. The van der Waals surface area contributed by atoms with Crippen LogP contribution in [0.15, 0.2) is 23.1 Å². The molecule has 1 amide bonds. The van der Waals surface area contributed by atoms with Crippen LogP contribution in [-0.4, -0.2) is 47.0 Å². The average Bonchev–Trinajstić information content (AvgIpc) is 2.38. The molecule has 0 aromatic heterocycles. The SMILES string of the molecule is COc1ccc(S(=O)(=O)NCCC(=O)N(C)C)cc1N. The van der Waals surface area contributed by atoms with E-state index in [4.69, 9.17) is 10.5 Å². The Morgan fingerprint density at radius 1 is 1.40 bits per heavy atom. The third-order valence-electron chi connectivity index (χ3n) is 2.64. The molecule has 3 N–H and O–H groups in total. The lowest BCUT2D eigenvalue weighted by atomic mass is 10.3. The van der Waals surface area contributed by atoms with E-state index in [1.165, 1.54) is 30.2 Å². The minimum absolute atomic E-state index is 0.0330. The van der Waals surface area contributed by atoms with Gasteiger partial charge in [0.25, 0.3) is 0 Å². The summed E-state index contributed by atoms with van der Waals surface area (Å²) in [6.07, 6.45) is 0.0951. The van der Waals surface area contributed by atoms with Crippen LogP contribution < -0.4 is 15.2 Å². The van der Waals surface area contributed by atoms with Gasteiger partial charge in [0.15, 0.2) is 0 Å². The number of amides is 1. The summed E-state index contributed by atoms with van der Waals surface area (Å²) in [5, 5.41) is 0. The molecule has 1 aromatic carbocycles. The van der Waals surface area contributed by atoms with Gasteiger partial charge in [0.2, 0.25) is 15.9 Å². The van der Waals surface area contributed by atoms with Crippen LogP contribution in [0.2, 0.25) is 0 Å². The molecule has 0 bridgehead atoms. The van der Waals surface area contributed by atoms with Crippen molar-refractivity contribution in [3.8, 4) is 5.75 Å². The number of carbonyl (C=O) groups is 1. The molecule has 0 heterocycles. The lowest BCUT2D eigenvalue weighted by Crippen LogP contribution is -2.30. The normalized spacial score (nSPS) is 11.2. The second-order valence-corrected chi connectivity index (χ2v) is 6.11. The van der Waals surface area contributed by atoms with Crippen LogP contribution in [0.5, 0.6) is 5.75 Å². The van der Waals surface area contributed by atoms with E-state index in [1.807, 2.05) is 0 Å². The van der Waals surface area contributed by atoms with Crippen molar-refractivity contribution in [2.75, 3.05) is 33.5 Å². The Morgan fingerprint density at radius 2 is 2.05 bits per heavy atom. The predicted molar refractivity (Wildman–Crippen MR) is 75.9 cm³/mol. The number of hydrogen-bond donors (Lipinski definition) is 2. The second-order valence-electron chi connectivity index (χ2n) is 4.34. The molecule has 0 atom stereocenters. The molecule has 0 aliphatic carbocycles. The summed E-state index contributed by atoms with van der Waals surface area (Å²) in [5.41, 5.74) is 5.90. The number of anilines is 1. The fourth-order valence-corrected chi connectivity index (χ4v) is 2.55. The number of nitrogen functional groups attached to an aromatic ring is 1. The molecule has 112 valence electrons. The number of nitrogens with one attached hydrogen (secondary N) is 1. The molecule has 0 spiro atoms. The highest BCUT2D eigenvalue weighted by Crippen LogP contribution is 2.24. The largest absolute Gasteiger partial charge is 0.495 e. The molecule has 0 saturated carbocycles. The van der Waals surface area contributed by atoms with Gasteiger partial charge in [-0.25, -0.2) is 13.1 Å². The predicted octanol–water partition coefficient (Wildman–Crippen LogP) is 0.0340. The van der Waals surface area contributed by atoms with Crippen LogP contribution in [0, 0.1) is 0 Å². The Morgan fingerprint density at radius 3 is 2.55 bits per heavy atom. The summed E-state index contributed by atoms with van der Waals surface area (Å²) >= 11 is 0. The van der Waals surface area contributed by atoms with Gasteiger partial charge >= 0.3 is 0 Å². The number of nitrogens with two attached hydrogens (primary N) is 1. The molecule has 1 rings (SSSR count). The second kappa shape index (κ2) is 6.58. The maximum Gasteiger partial charge on any atom is 0.240 e. The van der Waals surface area contributed by atoms with Crippen LogP contribution in [0.25, 0.3) is 0 Å². The number of benzene rings is 1. The van der Waals surface area contributed by atoms with E-state index < -0.39 is 10.0 Å². The first kappa shape index (κ1) is 16.3. The number of rotatable bonds is 6. The molecule has 0 aliphatic heterocycles. The van der Waals surface area contributed by atoms with Crippen molar-refractivity contribution < 1.29 is 17.9 Å². The van der Waals surface area contributed by atoms with Crippen LogP contribution in [0.4, 0.5) is 5.69 Å². The number of hydrogen-bond acceptors (Lipinski definition) is 5. The zero-order valence-electron chi connectivity index (χ0n) is 11.7. The Labute approximate surface area is 118 Å². The van der Waals surface area contributed by atoms with Gasteiger partial charge < -0.3 is 15.4 Å². The van der Waals surface area contributed by atoms with Crippen LogP contribution >= 0.6 is 0 Å². The van der Waals surface area contributed by atoms with E-state index in [0.29, 0.717) is 5.75 Å². The number of sulfonamides is 1. The third-order valence-corrected chi connectivity index (χ3v) is 4.10. The Balaban J connectivity index is 2.74. The molecule has 0 aliphatic rings. The highest BCUT2D eigenvalue weighted by atomic mass is 32.2. The van der Waals surface area contributed by atoms with Crippen molar-refractivity contribution in [3.05, 3.63) is 18.2 Å². The highest BCUT2D eigenvalue weighted by molar-refractivity contribution is 7.89. The van der Waals surface area contributed by atoms with Gasteiger partial charge in [-0.3, -0.25) is 4.79 Å². The van der Waals surface area contributed by atoms with Gasteiger partial charge in [-0.15, -0.1) is 0 Å².